The third kappa shape index (κ3) is 4.29. The van der Waals surface area contributed by atoms with Gasteiger partial charge in [0.2, 0.25) is 5.91 Å². The fraction of sp³-hybridized carbons (Fsp3) is 0.273. The van der Waals surface area contributed by atoms with E-state index in [-0.39, 0.29) is 17.5 Å². The van der Waals surface area contributed by atoms with Crippen LogP contribution in [0.4, 0.5) is 14.5 Å². The molecular formula is C22H21F2N3O2. The van der Waals surface area contributed by atoms with Gasteiger partial charge in [-0.1, -0.05) is 29.4 Å². The molecule has 0 unspecified atom stereocenters. The average Bonchev–Trinajstić information content (AvgIpc) is 3.21. The average molecular weight is 397 g/mol. The van der Waals surface area contributed by atoms with Crippen LogP contribution in [0.1, 0.15) is 12.0 Å². The third-order valence-corrected chi connectivity index (χ3v) is 5.17. The third-order valence-electron chi connectivity index (χ3n) is 5.17. The van der Waals surface area contributed by atoms with Crippen LogP contribution in [0.2, 0.25) is 0 Å². The first-order chi connectivity index (χ1) is 14.1. The minimum absolute atomic E-state index is 0.0320. The van der Waals surface area contributed by atoms with Crippen molar-refractivity contribution in [2.75, 3.05) is 31.1 Å². The van der Waals surface area contributed by atoms with E-state index in [0.29, 0.717) is 56.0 Å². The summed E-state index contributed by atoms with van der Waals surface area (Å²) in [7, 11) is 0. The van der Waals surface area contributed by atoms with Crippen LogP contribution in [-0.2, 0) is 11.2 Å². The van der Waals surface area contributed by atoms with Crippen LogP contribution in [-0.4, -0.2) is 42.1 Å². The van der Waals surface area contributed by atoms with E-state index in [0.717, 1.165) is 5.56 Å². The van der Waals surface area contributed by atoms with Crippen molar-refractivity contribution in [3.63, 3.8) is 0 Å². The number of aromatic nitrogens is 1. The second kappa shape index (κ2) is 8.43. The van der Waals surface area contributed by atoms with Crippen LogP contribution in [0.15, 0.2) is 59.3 Å². The summed E-state index contributed by atoms with van der Waals surface area (Å²) in [5.74, 6) is -0.561. The highest BCUT2D eigenvalue weighted by Crippen LogP contribution is 2.24. The number of para-hydroxylation sites is 1. The van der Waals surface area contributed by atoms with Gasteiger partial charge in [-0.3, -0.25) is 4.79 Å². The molecule has 1 fully saturated rings. The fourth-order valence-corrected chi connectivity index (χ4v) is 3.61. The van der Waals surface area contributed by atoms with E-state index in [1.54, 1.807) is 29.2 Å². The Balaban J connectivity index is 1.34. The highest BCUT2D eigenvalue weighted by molar-refractivity contribution is 5.77. The maximum Gasteiger partial charge on any atom is 0.223 e. The molecule has 3 aromatic rings. The molecule has 4 rings (SSSR count). The second-order valence-corrected chi connectivity index (χ2v) is 7.02. The Bertz CT molecular complexity index is 997. The van der Waals surface area contributed by atoms with E-state index in [1.807, 2.05) is 11.0 Å². The summed E-state index contributed by atoms with van der Waals surface area (Å²) in [6.07, 6.45) is 2.27. The number of benzene rings is 2. The molecule has 29 heavy (non-hydrogen) atoms. The highest BCUT2D eigenvalue weighted by Gasteiger charge is 2.23. The predicted octanol–water partition coefficient (Wildman–Crippen LogP) is 3.90. The summed E-state index contributed by atoms with van der Waals surface area (Å²) >= 11 is 0. The summed E-state index contributed by atoms with van der Waals surface area (Å²) in [6, 6.07) is 12.8. The molecule has 0 atom stereocenters. The summed E-state index contributed by atoms with van der Waals surface area (Å²) in [5, 5.41) is 3.96. The van der Waals surface area contributed by atoms with E-state index >= 15 is 0 Å². The van der Waals surface area contributed by atoms with E-state index in [2.05, 4.69) is 5.16 Å². The lowest BCUT2D eigenvalue weighted by Crippen LogP contribution is -2.49. The van der Waals surface area contributed by atoms with Gasteiger partial charge in [-0.25, -0.2) is 8.78 Å². The van der Waals surface area contributed by atoms with Crippen molar-refractivity contribution in [1.29, 1.82) is 0 Å². The molecule has 1 aromatic heterocycles. The Morgan fingerprint density at radius 1 is 1.03 bits per heavy atom. The molecule has 1 saturated heterocycles. The molecule has 2 aromatic carbocycles. The maximum absolute atomic E-state index is 13.9. The van der Waals surface area contributed by atoms with Crippen LogP contribution >= 0.6 is 0 Å². The van der Waals surface area contributed by atoms with Crippen molar-refractivity contribution in [2.45, 2.75) is 12.8 Å². The zero-order valence-electron chi connectivity index (χ0n) is 15.9. The number of rotatable bonds is 5. The van der Waals surface area contributed by atoms with Crippen LogP contribution in [0.25, 0.3) is 11.3 Å². The number of amides is 1. The SMILES string of the molecule is O=C(CCc1conc1-c1cccc(F)c1)N1CCN(c2ccccc2F)CC1. The molecule has 1 aliphatic heterocycles. The van der Waals surface area contributed by atoms with E-state index in [4.69, 9.17) is 4.52 Å². The predicted molar refractivity (Wildman–Crippen MR) is 105 cm³/mol. The van der Waals surface area contributed by atoms with Gasteiger partial charge in [-0.05, 0) is 30.7 Å². The van der Waals surface area contributed by atoms with Crippen molar-refractivity contribution < 1.29 is 18.1 Å². The number of anilines is 1. The first kappa shape index (κ1) is 19.1. The summed E-state index contributed by atoms with van der Waals surface area (Å²) < 4.78 is 32.5. The van der Waals surface area contributed by atoms with Gasteiger partial charge >= 0.3 is 0 Å². The molecule has 7 heteroatoms. The van der Waals surface area contributed by atoms with Crippen molar-refractivity contribution >= 4 is 11.6 Å². The number of aryl methyl sites for hydroxylation is 1. The Morgan fingerprint density at radius 2 is 1.83 bits per heavy atom. The summed E-state index contributed by atoms with van der Waals surface area (Å²) in [6.45, 7) is 2.28. The van der Waals surface area contributed by atoms with Crippen molar-refractivity contribution in [2.24, 2.45) is 0 Å². The zero-order chi connectivity index (χ0) is 20.2. The van der Waals surface area contributed by atoms with E-state index < -0.39 is 0 Å². The molecule has 1 amide bonds. The second-order valence-electron chi connectivity index (χ2n) is 7.02. The number of halogens is 2. The van der Waals surface area contributed by atoms with Gasteiger partial charge in [0, 0.05) is 43.7 Å². The topological polar surface area (TPSA) is 49.6 Å². The van der Waals surface area contributed by atoms with Crippen molar-refractivity contribution in [1.82, 2.24) is 10.1 Å². The molecule has 0 aliphatic carbocycles. The smallest absolute Gasteiger partial charge is 0.223 e. The first-order valence-corrected chi connectivity index (χ1v) is 9.58. The van der Waals surface area contributed by atoms with Crippen LogP contribution in [0.5, 0.6) is 0 Å². The Labute approximate surface area is 167 Å². The molecule has 0 spiro atoms. The number of hydrogen-bond acceptors (Lipinski definition) is 4. The van der Waals surface area contributed by atoms with Crippen molar-refractivity contribution in [3.8, 4) is 11.3 Å². The number of carbonyl (C=O) groups excluding carboxylic acids is 1. The quantitative estimate of drug-likeness (QED) is 0.655. The standard InChI is InChI=1S/C22H21F2N3O2/c23-18-5-3-4-16(14-18)22-17(15-29-25-22)8-9-21(28)27-12-10-26(11-13-27)20-7-2-1-6-19(20)24/h1-7,14-15H,8-13H2. The Kier molecular flexibility index (Phi) is 5.55. The van der Waals surface area contributed by atoms with Crippen LogP contribution in [0.3, 0.4) is 0 Å². The molecule has 0 saturated carbocycles. The minimum Gasteiger partial charge on any atom is -0.366 e. The van der Waals surface area contributed by atoms with Gasteiger partial charge in [0.05, 0.1) is 5.69 Å². The number of nitrogens with zero attached hydrogens (tertiary/aromatic N) is 3. The van der Waals surface area contributed by atoms with E-state index in [1.165, 1.54) is 24.5 Å². The highest BCUT2D eigenvalue weighted by atomic mass is 19.1. The number of piperazine rings is 1. The molecule has 0 N–H and O–H groups in total. The molecule has 5 nitrogen and oxygen atoms in total. The van der Waals surface area contributed by atoms with Gasteiger partial charge in [0.15, 0.2) is 0 Å². The molecule has 2 heterocycles. The van der Waals surface area contributed by atoms with Crippen molar-refractivity contribution in [3.05, 3.63) is 72.0 Å². The Morgan fingerprint density at radius 3 is 2.59 bits per heavy atom. The van der Waals surface area contributed by atoms with Gasteiger partial charge < -0.3 is 14.3 Å². The number of carbonyl (C=O) groups is 1. The lowest BCUT2D eigenvalue weighted by atomic mass is 10.0. The first-order valence-electron chi connectivity index (χ1n) is 9.58. The molecule has 0 bridgehead atoms. The maximum atomic E-state index is 13.9. The molecule has 1 aliphatic rings. The van der Waals surface area contributed by atoms with Gasteiger partial charge in [0.25, 0.3) is 0 Å². The largest absolute Gasteiger partial charge is 0.366 e. The molecular weight excluding hydrogens is 376 g/mol. The molecule has 150 valence electrons. The Hall–Kier alpha value is -3.22. The number of hydrogen-bond donors (Lipinski definition) is 0. The van der Waals surface area contributed by atoms with Gasteiger partial charge in [0.1, 0.15) is 23.6 Å². The fourth-order valence-electron chi connectivity index (χ4n) is 3.61. The van der Waals surface area contributed by atoms with E-state index in [9.17, 15) is 13.6 Å². The molecule has 0 radical (unpaired) electrons. The van der Waals surface area contributed by atoms with Gasteiger partial charge in [-0.15, -0.1) is 0 Å². The zero-order valence-corrected chi connectivity index (χ0v) is 15.9. The summed E-state index contributed by atoms with van der Waals surface area (Å²) in [4.78, 5) is 16.4. The van der Waals surface area contributed by atoms with Crippen LogP contribution in [0, 0.1) is 11.6 Å². The lowest BCUT2D eigenvalue weighted by Gasteiger charge is -2.36. The minimum atomic E-state index is -0.347. The summed E-state index contributed by atoms with van der Waals surface area (Å²) in [5.41, 5.74) is 2.53. The monoisotopic (exact) mass is 397 g/mol. The normalized spacial score (nSPS) is 14.3. The van der Waals surface area contributed by atoms with Crippen LogP contribution < -0.4 is 4.90 Å². The lowest BCUT2D eigenvalue weighted by molar-refractivity contribution is -0.131. The van der Waals surface area contributed by atoms with Gasteiger partial charge in [-0.2, -0.15) is 0 Å².